The first-order chi connectivity index (χ1) is 17.6. The fourth-order valence-corrected chi connectivity index (χ4v) is 4.08. The third-order valence-electron chi connectivity index (χ3n) is 5.99. The summed E-state index contributed by atoms with van der Waals surface area (Å²) >= 11 is 0. The second kappa shape index (κ2) is 12.9. The topological polar surface area (TPSA) is 66.9 Å². The van der Waals surface area contributed by atoms with Gasteiger partial charge < -0.3 is 19.7 Å². The van der Waals surface area contributed by atoms with Gasteiger partial charge in [-0.2, -0.15) is 0 Å². The van der Waals surface area contributed by atoms with E-state index >= 15 is 0 Å². The molecule has 2 amide bonds. The molecule has 1 aliphatic rings. The van der Waals surface area contributed by atoms with Gasteiger partial charge in [0.1, 0.15) is 5.82 Å². The zero-order valence-electron chi connectivity index (χ0n) is 20.7. The van der Waals surface area contributed by atoms with E-state index < -0.39 is 0 Å². The Hall–Kier alpha value is -3.65. The largest absolute Gasteiger partial charge is 0.490 e. The van der Waals surface area contributed by atoms with Crippen LogP contribution in [-0.4, -0.2) is 53.6 Å². The number of urea groups is 1. The summed E-state index contributed by atoms with van der Waals surface area (Å²) in [6.45, 7) is 6.67. The summed E-state index contributed by atoms with van der Waals surface area (Å²) < 4.78 is 25.1. The molecular formula is C28H33FN4O3. The standard InChI is InChI=1S/C28H33FN4O3/c1-2-19-35-25-8-3-4-9-26(25)36-27-23(7-5-14-30-27)20-31-28(34)33-16-6-15-32(17-18-33)21-22-10-12-24(29)13-11-22/h3-5,7-14H,2,6,15-21H2,1H3,(H,31,34). The van der Waals surface area contributed by atoms with E-state index in [1.165, 1.54) is 12.1 Å². The molecule has 0 aliphatic carbocycles. The summed E-state index contributed by atoms with van der Waals surface area (Å²) in [5, 5.41) is 3.02. The maximum Gasteiger partial charge on any atom is 0.317 e. The lowest BCUT2D eigenvalue weighted by Crippen LogP contribution is -2.41. The van der Waals surface area contributed by atoms with Crippen LogP contribution in [0.5, 0.6) is 17.4 Å². The third-order valence-corrected chi connectivity index (χ3v) is 5.99. The molecule has 190 valence electrons. The smallest absolute Gasteiger partial charge is 0.317 e. The molecule has 0 radical (unpaired) electrons. The van der Waals surface area contributed by atoms with Gasteiger partial charge in [-0.15, -0.1) is 0 Å². The van der Waals surface area contributed by atoms with Gasteiger partial charge in [-0.25, -0.2) is 14.2 Å². The monoisotopic (exact) mass is 492 g/mol. The van der Waals surface area contributed by atoms with Crippen LogP contribution >= 0.6 is 0 Å². The number of ether oxygens (including phenoxy) is 2. The van der Waals surface area contributed by atoms with Crippen LogP contribution in [0, 0.1) is 5.82 Å². The Balaban J connectivity index is 1.32. The Morgan fingerprint density at radius 2 is 1.81 bits per heavy atom. The Kier molecular flexibility index (Phi) is 9.10. The fraction of sp³-hybridized carbons (Fsp3) is 0.357. The number of aromatic nitrogens is 1. The molecule has 3 aromatic rings. The van der Waals surface area contributed by atoms with E-state index in [1.54, 1.807) is 6.20 Å². The lowest BCUT2D eigenvalue weighted by atomic mass is 10.2. The molecule has 1 N–H and O–H groups in total. The van der Waals surface area contributed by atoms with Crippen LogP contribution in [0.2, 0.25) is 0 Å². The highest BCUT2D eigenvalue weighted by atomic mass is 19.1. The van der Waals surface area contributed by atoms with Crippen LogP contribution in [0.15, 0.2) is 66.9 Å². The van der Waals surface area contributed by atoms with Crippen LogP contribution in [0.3, 0.4) is 0 Å². The van der Waals surface area contributed by atoms with Crippen molar-refractivity contribution in [3.8, 4) is 17.4 Å². The van der Waals surface area contributed by atoms with Gasteiger partial charge in [-0.05, 0) is 48.7 Å². The number of hydrogen-bond acceptors (Lipinski definition) is 5. The number of benzene rings is 2. The summed E-state index contributed by atoms with van der Waals surface area (Å²) in [5.41, 5.74) is 1.85. The molecule has 1 aliphatic heterocycles. The molecule has 4 rings (SSSR count). The van der Waals surface area contributed by atoms with Gasteiger partial charge in [-0.1, -0.05) is 37.3 Å². The fourth-order valence-electron chi connectivity index (χ4n) is 4.08. The predicted octanol–water partition coefficient (Wildman–Crippen LogP) is 5.22. The third kappa shape index (κ3) is 7.18. The van der Waals surface area contributed by atoms with Gasteiger partial charge >= 0.3 is 6.03 Å². The number of nitrogens with one attached hydrogen (secondary N) is 1. The summed E-state index contributed by atoms with van der Waals surface area (Å²) in [7, 11) is 0. The van der Waals surface area contributed by atoms with Crippen molar-refractivity contribution in [1.29, 1.82) is 0 Å². The zero-order chi connectivity index (χ0) is 25.2. The minimum absolute atomic E-state index is 0.111. The molecule has 0 spiro atoms. The Morgan fingerprint density at radius 3 is 2.61 bits per heavy atom. The zero-order valence-corrected chi connectivity index (χ0v) is 20.7. The second-order valence-electron chi connectivity index (χ2n) is 8.77. The second-order valence-corrected chi connectivity index (χ2v) is 8.77. The molecule has 8 heteroatoms. The lowest BCUT2D eigenvalue weighted by Gasteiger charge is -2.22. The van der Waals surface area contributed by atoms with Gasteiger partial charge in [0, 0.05) is 51.0 Å². The molecule has 2 heterocycles. The van der Waals surface area contributed by atoms with E-state index in [0.717, 1.165) is 43.6 Å². The summed E-state index contributed by atoms with van der Waals surface area (Å²) in [6.07, 6.45) is 3.45. The number of carbonyl (C=O) groups excluding carboxylic acids is 1. The number of hydrogen-bond donors (Lipinski definition) is 1. The van der Waals surface area contributed by atoms with Crippen molar-refractivity contribution in [3.05, 3.63) is 83.8 Å². The Morgan fingerprint density at radius 1 is 1.00 bits per heavy atom. The van der Waals surface area contributed by atoms with Crippen LogP contribution in [0.25, 0.3) is 0 Å². The summed E-state index contributed by atoms with van der Waals surface area (Å²) in [6, 6.07) is 17.7. The normalized spacial score (nSPS) is 14.2. The number of pyridine rings is 1. The first-order valence-corrected chi connectivity index (χ1v) is 12.5. The van der Waals surface area contributed by atoms with Gasteiger partial charge in [0.2, 0.25) is 5.88 Å². The lowest BCUT2D eigenvalue weighted by molar-refractivity contribution is 0.197. The van der Waals surface area contributed by atoms with Crippen LogP contribution in [-0.2, 0) is 13.1 Å². The predicted molar refractivity (Wildman–Crippen MR) is 137 cm³/mol. The number of halogens is 1. The molecule has 0 atom stereocenters. The molecule has 1 saturated heterocycles. The van der Waals surface area contributed by atoms with Crippen LogP contribution in [0.1, 0.15) is 30.9 Å². The van der Waals surface area contributed by atoms with E-state index in [4.69, 9.17) is 9.47 Å². The van der Waals surface area contributed by atoms with Crippen molar-refractivity contribution in [2.45, 2.75) is 32.9 Å². The van der Waals surface area contributed by atoms with Gasteiger partial charge in [0.15, 0.2) is 11.5 Å². The van der Waals surface area contributed by atoms with E-state index in [-0.39, 0.29) is 11.8 Å². The molecule has 36 heavy (non-hydrogen) atoms. The van der Waals surface area contributed by atoms with Crippen molar-refractivity contribution in [2.24, 2.45) is 0 Å². The van der Waals surface area contributed by atoms with Crippen LogP contribution in [0.4, 0.5) is 9.18 Å². The minimum Gasteiger partial charge on any atom is -0.490 e. The molecule has 0 bridgehead atoms. The first-order valence-electron chi connectivity index (χ1n) is 12.5. The van der Waals surface area contributed by atoms with E-state index in [2.05, 4.69) is 22.1 Å². The maximum absolute atomic E-state index is 13.2. The highest BCUT2D eigenvalue weighted by Crippen LogP contribution is 2.32. The minimum atomic E-state index is -0.228. The molecular weight excluding hydrogens is 459 g/mol. The van der Waals surface area contributed by atoms with Gasteiger partial charge in [-0.3, -0.25) is 4.90 Å². The highest BCUT2D eigenvalue weighted by Gasteiger charge is 2.20. The molecule has 0 unspecified atom stereocenters. The Bertz CT molecular complexity index is 1130. The average molecular weight is 493 g/mol. The van der Waals surface area contributed by atoms with E-state index in [1.807, 2.05) is 53.4 Å². The van der Waals surface area contributed by atoms with E-state index in [9.17, 15) is 9.18 Å². The SMILES string of the molecule is CCCOc1ccccc1Oc1ncccc1CNC(=O)N1CCCN(Cc2ccc(F)cc2)CC1. The number of rotatable bonds is 9. The quantitative estimate of drug-likeness (QED) is 0.444. The van der Waals surface area contributed by atoms with Crippen molar-refractivity contribution in [3.63, 3.8) is 0 Å². The first kappa shape index (κ1) is 25.4. The van der Waals surface area contributed by atoms with E-state index in [0.29, 0.717) is 43.6 Å². The maximum atomic E-state index is 13.2. The van der Waals surface area contributed by atoms with Gasteiger partial charge in [0.05, 0.1) is 6.61 Å². The number of carbonyl (C=O) groups is 1. The average Bonchev–Trinajstić information content (AvgIpc) is 3.14. The number of amides is 2. The Labute approximate surface area is 211 Å². The van der Waals surface area contributed by atoms with Crippen molar-refractivity contribution >= 4 is 6.03 Å². The van der Waals surface area contributed by atoms with Crippen molar-refractivity contribution < 1.29 is 18.7 Å². The molecule has 7 nitrogen and oxygen atoms in total. The number of para-hydroxylation sites is 2. The molecule has 0 saturated carbocycles. The summed E-state index contributed by atoms with van der Waals surface area (Å²) in [4.78, 5) is 21.5. The van der Waals surface area contributed by atoms with Crippen molar-refractivity contribution in [2.75, 3.05) is 32.8 Å². The number of nitrogens with zero attached hydrogens (tertiary/aromatic N) is 3. The van der Waals surface area contributed by atoms with Crippen LogP contribution < -0.4 is 14.8 Å². The molecule has 1 aromatic heterocycles. The van der Waals surface area contributed by atoms with Gasteiger partial charge in [0.25, 0.3) is 0 Å². The molecule has 1 fully saturated rings. The summed E-state index contributed by atoms with van der Waals surface area (Å²) in [5.74, 6) is 1.46. The highest BCUT2D eigenvalue weighted by molar-refractivity contribution is 5.74. The van der Waals surface area contributed by atoms with Crippen molar-refractivity contribution in [1.82, 2.24) is 20.1 Å². The molecule has 2 aromatic carbocycles.